The summed E-state index contributed by atoms with van der Waals surface area (Å²) in [4.78, 5) is 23.7. The zero-order chi connectivity index (χ0) is 13.7. The number of hydrogen-bond acceptors (Lipinski definition) is 4. The molecule has 1 unspecified atom stereocenters. The Bertz CT molecular complexity index is 349. The van der Waals surface area contributed by atoms with Crippen LogP contribution in [0.25, 0.3) is 0 Å². The molecule has 0 aromatic carbocycles. The van der Waals surface area contributed by atoms with Gasteiger partial charge in [0.25, 0.3) is 0 Å². The van der Waals surface area contributed by atoms with Gasteiger partial charge in [0, 0.05) is 42.3 Å². The zero-order valence-corrected chi connectivity index (χ0v) is 11.0. The molecule has 104 valence electrons. The Morgan fingerprint density at radius 2 is 2.17 bits per heavy atom. The molecule has 1 aliphatic heterocycles. The Morgan fingerprint density at radius 1 is 1.50 bits per heavy atom. The number of aliphatic hydroxyl groups excluding tert-OH is 1. The van der Waals surface area contributed by atoms with E-state index < -0.39 is 34.9 Å². The van der Waals surface area contributed by atoms with Crippen molar-refractivity contribution in [2.45, 2.75) is 25.0 Å². The highest BCUT2D eigenvalue weighted by atomic mass is 32.2. The van der Waals surface area contributed by atoms with Crippen LogP contribution in [-0.4, -0.2) is 68.6 Å². The molecule has 1 saturated heterocycles. The topological polar surface area (TPSA) is 107 Å². The van der Waals surface area contributed by atoms with Crippen LogP contribution < -0.4 is 5.32 Å². The maximum absolute atomic E-state index is 11.7. The van der Waals surface area contributed by atoms with Crippen molar-refractivity contribution in [1.29, 1.82) is 0 Å². The van der Waals surface area contributed by atoms with Crippen LogP contribution in [0.5, 0.6) is 0 Å². The highest BCUT2D eigenvalue weighted by Gasteiger charge is 2.38. The van der Waals surface area contributed by atoms with Crippen LogP contribution in [0.15, 0.2) is 0 Å². The number of aliphatic hydroxyl groups is 1. The van der Waals surface area contributed by atoms with Gasteiger partial charge in [0.1, 0.15) is 6.04 Å². The lowest BCUT2D eigenvalue weighted by Crippen LogP contribution is -2.46. The quantitative estimate of drug-likeness (QED) is 0.558. The smallest absolute Gasteiger partial charge is 0.326 e. The van der Waals surface area contributed by atoms with Crippen LogP contribution in [-0.2, 0) is 15.6 Å². The molecule has 8 heteroatoms. The third-order valence-corrected chi connectivity index (χ3v) is 3.57. The maximum Gasteiger partial charge on any atom is 0.326 e. The minimum Gasteiger partial charge on any atom is -0.480 e. The lowest BCUT2D eigenvalue weighted by atomic mass is 10.2. The van der Waals surface area contributed by atoms with Crippen LogP contribution in [0.1, 0.15) is 12.8 Å². The first kappa shape index (κ1) is 14.9. The molecule has 0 aromatic rings. The lowest BCUT2D eigenvalue weighted by molar-refractivity contribution is -0.141. The van der Waals surface area contributed by atoms with Gasteiger partial charge in [-0.3, -0.25) is 4.21 Å². The standard InChI is InChI=1S/C10H18N2O5S/c1-18(17)4-2-3-11-10(16)12-6-7(13)5-8(12)9(14)15/h7-8,13H,2-6H2,1H3,(H,11,16)(H,14,15)/t7-,8-,18?/m1/s1. The van der Waals surface area contributed by atoms with Gasteiger partial charge in [-0.1, -0.05) is 0 Å². The van der Waals surface area contributed by atoms with Crippen molar-refractivity contribution < 1.29 is 24.0 Å². The number of amides is 2. The lowest BCUT2D eigenvalue weighted by Gasteiger charge is -2.21. The third-order valence-electron chi connectivity index (χ3n) is 2.71. The van der Waals surface area contributed by atoms with Gasteiger partial charge in [0.05, 0.1) is 6.10 Å². The monoisotopic (exact) mass is 278 g/mol. The summed E-state index contributed by atoms with van der Waals surface area (Å²) in [6.45, 7) is 0.375. The molecule has 7 nitrogen and oxygen atoms in total. The van der Waals surface area contributed by atoms with E-state index in [9.17, 15) is 18.9 Å². The first-order valence-electron chi connectivity index (χ1n) is 5.67. The van der Waals surface area contributed by atoms with E-state index >= 15 is 0 Å². The van der Waals surface area contributed by atoms with E-state index in [1.54, 1.807) is 6.26 Å². The van der Waals surface area contributed by atoms with Crippen molar-refractivity contribution in [2.24, 2.45) is 0 Å². The molecule has 1 fully saturated rings. The number of urea groups is 1. The predicted octanol–water partition coefficient (Wildman–Crippen LogP) is -1.02. The molecule has 0 saturated carbocycles. The second-order valence-corrected chi connectivity index (χ2v) is 5.81. The largest absolute Gasteiger partial charge is 0.480 e. The fraction of sp³-hybridized carbons (Fsp3) is 0.800. The number of β-amino-alcohol motifs (C(OH)–C–C–N with tert-alkyl or cyclic N) is 1. The van der Waals surface area contributed by atoms with E-state index in [1.807, 2.05) is 0 Å². The second kappa shape index (κ2) is 6.69. The Morgan fingerprint density at radius 3 is 2.72 bits per heavy atom. The summed E-state index contributed by atoms with van der Waals surface area (Å²) in [5.41, 5.74) is 0. The van der Waals surface area contributed by atoms with Crippen molar-refractivity contribution >= 4 is 22.8 Å². The molecule has 0 radical (unpaired) electrons. The fourth-order valence-electron chi connectivity index (χ4n) is 1.84. The van der Waals surface area contributed by atoms with Crippen molar-refractivity contribution in [3.63, 3.8) is 0 Å². The molecule has 0 bridgehead atoms. The highest BCUT2D eigenvalue weighted by Crippen LogP contribution is 2.17. The minimum absolute atomic E-state index is 0.0303. The van der Waals surface area contributed by atoms with Crippen LogP contribution >= 0.6 is 0 Å². The summed E-state index contributed by atoms with van der Waals surface area (Å²) in [6.07, 6.45) is 1.42. The Kier molecular flexibility index (Phi) is 5.54. The molecule has 2 amide bonds. The molecule has 0 spiro atoms. The number of carbonyl (C=O) groups excluding carboxylic acids is 1. The molecular weight excluding hydrogens is 260 g/mol. The molecule has 3 N–H and O–H groups in total. The number of likely N-dealkylation sites (tertiary alicyclic amines) is 1. The third kappa shape index (κ3) is 4.26. The highest BCUT2D eigenvalue weighted by molar-refractivity contribution is 7.84. The summed E-state index contributed by atoms with van der Waals surface area (Å²) >= 11 is 0. The molecule has 18 heavy (non-hydrogen) atoms. The molecule has 0 aromatic heterocycles. The van der Waals surface area contributed by atoms with Gasteiger partial charge in [-0.05, 0) is 6.42 Å². The van der Waals surface area contributed by atoms with Crippen molar-refractivity contribution in [3.8, 4) is 0 Å². The molecule has 0 aliphatic carbocycles. The van der Waals surface area contributed by atoms with E-state index in [4.69, 9.17) is 5.11 Å². The van der Waals surface area contributed by atoms with Crippen LogP contribution in [0, 0.1) is 0 Å². The van der Waals surface area contributed by atoms with E-state index in [2.05, 4.69) is 5.32 Å². The van der Waals surface area contributed by atoms with E-state index in [-0.39, 0.29) is 13.0 Å². The molecular formula is C10H18N2O5S. The molecule has 1 aliphatic rings. The van der Waals surface area contributed by atoms with Gasteiger partial charge in [-0.15, -0.1) is 0 Å². The van der Waals surface area contributed by atoms with Crippen molar-refractivity contribution in [3.05, 3.63) is 0 Å². The number of carboxylic acid groups (broad SMARTS) is 1. The predicted molar refractivity (Wildman–Crippen MR) is 65.7 cm³/mol. The number of carbonyl (C=O) groups is 2. The summed E-state index contributed by atoms with van der Waals surface area (Å²) < 4.78 is 10.8. The Balaban J connectivity index is 2.40. The zero-order valence-electron chi connectivity index (χ0n) is 10.2. The maximum atomic E-state index is 11.7. The average molecular weight is 278 g/mol. The van der Waals surface area contributed by atoms with Crippen molar-refractivity contribution in [1.82, 2.24) is 10.2 Å². The summed E-state index contributed by atoms with van der Waals surface area (Å²) in [6, 6.07) is -1.47. The summed E-state index contributed by atoms with van der Waals surface area (Å²) in [5.74, 6) is -0.623. The van der Waals surface area contributed by atoms with E-state index in [0.29, 0.717) is 18.7 Å². The van der Waals surface area contributed by atoms with Gasteiger partial charge < -0.3 is 20.4 Å². The first-order valence-corrected chi connectivity index (χ1v) is 7.40. The van der Waals surface area contributed by atoms with Gasteiger partial charge in [-0.2, -0.15) is 0 Å². The Labute approximate surface area is 108 Å². The number of aliphatic carboxylic acids is 1. The number of rotatable bonds is 5. The van der Waals surface area contributed by atoms with Gasteiger partial charge in [-0.25, -0.2) is 9.59 Å². The summed E-state index contributed by atoms with van der Waals surface area (Å²) in [5, 5.41) is 20.9. The summed E-state index contributed by atoms with van der Waals surface area (Å²) in [7, 11) is -0.901. The van der Waals surface area contributed by atoms with Gasteiger partial charge >= 0.3 is 12.0 Å². The first-order chi connectivity index (χ1) is 8.41. The van der Waals surface area contributed by atoms with Crippen LogP contribution in [0.2, 0.25) is 0 Å². The van der Waals surface area contributed by atoms with E-state index in [1.165, 1.54) is 0 Å². The number of carboxylic acids is 1. The minimum atomic E-state index is -1.11. The van der Waals surface area contributed by atoms with E-state index in [0.717, 1.165) is 4.90 Å². The normalized spacial score (nSPS) is 24.9. The van der Waals surface area contributed by atoms with Gasteiger partial charge in [0.15, 0.2) is 0 Å². The average Bonchev–Trinajstić information content (AvgIpc) is 2.66. The molecule has 1 rings (SSSR count). The SMILES string of the molecule is CS(=O)CCCNC(=O)N1C[C@H](O)C[C@@H]1C(=O)O. The van der Waals surface area contributed by atoms with Crippen molar-refractivity contribution in [2.75, 3.05) is 25.1 Å². The fourth-order valence-corrected chi connectivity index (χ4v) is 2.40. The van der Waals surface area contributed by atoms with Crippen LogP contribution in [0.3, 0.4) is 0 Å². The number of hydrogen-bond donors (Lipinski definition) is 3. The van der Waals surface area contributed by atoms with Gasteiger partial charge in [0.2, 0.25) is 0 Å². The molecule has 1 heterocycles. The number of nitrogens with one attached hydrogen (secondary N) is 1. The number of nitrogens with zero attached hydrogens (tertiary/aromatic N) is 1. The molecule has 3 atom stereocenters. The second-order valence-electron chi connectivity index (χ2n) is 4.26. The van der Waals surface area contributed by atoms with Crippen LogP contribution in [0.4, 0.5) is 4.79 Å². The Hall–Kier alpha value is -1.15.